The summed E-state index contributed by atoms with van der Waals surface area (Å²) in [5.41, 5.74) is 3.01. The predicted octanol–water partition coefficient (Wildman–Crippen LogP) is 7.86. The van der Waals surface area contributed by atoms with Crippen molar-refractivity contribution in [1.29, 1.82) is 10.5 Å². The molecule has 15 nitrogen and oxygen atoms in total. The van der Waals surface area contributed by atoms with Gasteiger partial charge in [0.2, 0.25) is 5.60 Å². The number of nitrogens with two attached hydrogens (primary N) is 1. The van der Waals surface area contributed by atoms with E-state index in [0.717, 1.165) is 25.6 Å². The Bertz CT molecular complexity index is 1920. The van der Waals surface area contributed by atoms with Gasteiger partial charge in [0.15, 0.2) is 5.82 Å². The molecule has 0 amide bonds. The molecule has 3 aromatic rings. The normalized spacial score (nSPS) is 21.8. The van der Waals surface area contributed by atoms with Crippen LogP contribution in [0.4, 0.5) is 10.2 Å². The third-order valence-electron chi connectivity index (χ3n) is 11.2. The lowest BCUT2D eigenvalue weighted by molar-refractivity contribution is -0.124. The van der Waals surface area contributed by atoms with Gasteiger partial charge >= 0.3 is 7.82 Å². The average molecular weight is 859 g/mol. The van der Waals surface area contributed by atoms with Gasteiger partial charge in [0.1, 0.15) is 47.6 Å². The number of aliphatic hydroxyl groups excluding tert-OH is 2. The van der Waals surface area contributed by atoms with Gasteiger partial charge in [-0.3, -0.25) is 9.05 Å². The number of halogens is 1. The van der Waals surface area contributed by atoms with Crippen molar-refractivity contribution >= 4 is 19.2 Å². The minimum atomic E-state index is -4.88. The Hall–Kier alpha value is -3.54. The van der Waals surface area contributed by atoms with Crippen LogP contribution < -0.4 is 5.73 Å². The van der Waals surface area contributed by atoms with E-state index in [9.17, 15) is 34.6 Å². The molecule has 5 N–H and O–H groups in total. The quantitative estimate of drug-likeness (QED) is 0.0385. The van der Waals surface area contributed by atoms with Crippen molar-refractivity contribution in [2.75, 3.05) is 32.2 Å². The van der Waals surface area contributed by atoms with Crippen LogP contribution in [0.5, 0.6) is 0 Å². The summed E-state index contributed by atoms with van der Waals surface area (Å²) in [6.07, 6.45) is 16.6. The molecular formula is C43H64FN6O9P. The van der Waals surface area contributed by atoms with Crippen LogP contribution in [0.2, 0.25) is 0 Å². The number of anilines is 1. The first kappa shape index (κ1) is 49.1. The van der Waals surface area contributed by atoms with Gasteiger partial charge in [0.05, 0.1) is 43.8 Å². The van der Waals surface area contributed by atoms with Gasteiger partial charge in [-0.05, 0) is 50.1 Å². The van der Waals surface area contributed by atoms with E-state index in [2.05, 4.69) is 17.0 Å². The van der Waals surface area contributed by atoms with Gasteiger partial charge in [-0.15, -0.1) is 0 Å². The number of phosphoric acid groups is 1. The highest BCUT2D eigenvalue weighted by atomic mass is 31.2. The predicted molar refractivity (Wildman–Crippen MR) is 223 cm³/mol. The molecule has 4 rings (SSSR count). The van der Waals surface area contributed by atoms with Crippen LogP contribution in [-0.4, -0.2) is 80.0 Å². The lowest BCUT2D eigenvalue weighted by atomic mass is 9.90. The summed E-state index contributed by atoms with van der Waals surface area (Å²) in [6.45, 7) is 4.08. The van der Waals surface area contributed by atoms with E-state index in [4.69, 9.17) is 29.0 Å². The molecule has 2 aromatic heterocycles. The summed E-state index contributed by atoms with van der Waals surface area (Å²) in [5, 5.41) is 46.0. The van der Waals surface area contributed by atoms with E-state index < -0.39 is 56.4 Å². The Morgan fingerprint density at radius 1 is 0.950 bits per heavy atom. The van der Waals surface area contributed by atoms with Crippen molar-refractivity contribution in [3.8, 4) is 12.1 Å². The molecule has 0 bridgehead atoms. The number of nitrogen functional groups attached to an aromatic ring is 1. The summed E-state index contributed by atoms with van der Waals surface area (Å²) >= 11 is 0. The molecule has 6 atom stereocenters. The van der Waals surface area contributed by atoms with Gasteiger partial charge in [-0.1, -0.05) is 103 Å². The number of nitrogens with zero attached hydrogens (tertiary/aromatic N) is 5. The maximum Gasteiger partial charge on any atom is 0.472 e. The number of ether oxygens (including phenoxy) is 3. The van der Waals surface area contributed by atoms with E-state index in [1.54, 1.807) is 0 Å². The fourth-order valence-corrected chi connectivity index (χ4v) is 8.28. The summed E-state index contributed by atoms with van der Waals surface area (Å²) in [4.78, 5) is 14.6. The monoisotopic (exact) mass is 858 g/mol. The lowest BCUT2D eigenvalue weighted by Crippen LogP contribution is -2.44. The highest BCUT2D eigenvalue weighted by molar-refractivity contribution is 7.47. The molecule has 2 unspecified atom stereocenters. The van der Waals surface area contributed by atoms with Crippen LogP contribution in [0.3, 0.4) is 0 Å². The van der Waals surface area contributed by atoms with E-state index in [-0.39, 0.29) is 35.9 Å². The molecule has 332 valence electrons. The van der Waals surface area contributed by atoms with Crippen molar-refractivity contribution in [2.45, 2.75) is 160 Å². The van der Waals surface area contributed by atoms with Gasteiger partial charge in [-0.25, -0.2) is 18.5 Å². The second kappa shape index (κ2) is 24.2. The molecule has 1 saturated heterocycles. The van der Waals surface area contributed by atoms with E-state index in [1.165, 1.54) is 126 Å². The standard InChI is InChI=1S/C43H64FN6O9P/c1-4-5-6-7-8-9-10-11-12-13-14-15-16-17-18-19-22-55-27-35(56-26-33-23-34(25-45)32(2)36(44)24-33)28-57-60(53,54)58-30-42(3)39(51)40(52)43(29-46,59-42)38-21-20-37-41(47)48-31-49-50(37)38/h20-21,23-24,31,35,39-40,51-52H,4-19,22,26-28,30H2,1-3H3,(H,53,54)(H2,47,48,49)/t35-,39+,40-,42?,43+/m1/s1. The third kappa shape index (κ3) is 13.7. The van der Waals surface area contributed by atoms with Gasteiger partial charge in [0, 0.05) is 12.2 Å². The van der Waals surface area contributed by atoms with Crippen LogP contribution in [0.25, 0.3) is 5.52 Å². The van der Waals surface area contributed by atoms with Crippen molar-refractivity contribution in [3.63, 3.8) is 0 Å². The maximum atomic E-state index is 14.5. The summed E-state index contributed by atoms with van der Waals surface area (Å²) in [7, 11) is -4.88. The molecular weight excluding hydrogens is 794 g/mol. The highest BCUT2D eigenvalue weighted by Gasteiger charge is 2.63. The van der Waals surface area contributed by atoms with Crippen LogP contribution >= 0.6 is 7.82 Å². The Morgan fingerprint density at radius 2 is 1.57 bits per heavy atom. The molecule has 1 aromatic carbocycles. The topological polar surface area (TPSA) is 228 Å². The first-order valence-corrected chi connectivity index (χ1v) is 22.9. The smallest absolute Gasteiger partial charge is 0.387 e. The van der Waals surface area contributed by atoms with Crippen molar-refractivity contribution in [3.05, 3.63) is 58.8 Å². The van der Waals surface area contributed by atoms with Crippen LogP contribution in [0, 0.1) is 35.4 Å². The number of rotatable bonds is 29. The van der Waals surface area contributed by atoms with E-state index >= 15 is 0 Å². The largest absolute Gasteiger partial charge is 0.472 e. The van der Waals surface area contributed by atoms with Gasteiger partial charge < -0.3 is 35.1 Å². The summed E-state index contributed by atoms with van der Waals surface area (Å²) < 4.78 is 57.3. The molecule has 0 spiro atoms. The molecule has 3 heterocycles. The first-order chi connectivity index (χ1) is 28.8. The lowest BCUT2D eigenvalue weighted by Gasteiger charge is -2.29. The molecule has 60 heavy (non-hydrogen) atoms. The molecule has 0 radical (unpaired) electrons. The first-order valence-electron chi connectivity index (χ1n) is 21.4. The second-order valence-electron chi connectivity index (χ2n) is 16.0. The number of fused-ring (bicyclic) bond motifs is 1. The van der Waals surface area contributed by atoms with E-state index in [1.807, 2.05) is 12.1 Å². The maximum absolute atomic E-state index is 14.5. The fraction of sp³-hybridized carbons (Fsp3) is 0.674. The molecule has 1 aliphatic rings. The number of nitriles is 2. The van der Waals surface area contributed by atoms with Crippen LogP contribution in [-0.2, 0) is 40.0 Å². The minimum Gasteiger partial charge on any atom is -0.387 e. The second-order valence-corrected chi connectivity index (χ2v) is 17.5. The average Bonchev–Trinajstić information content (AvgIpc) is 3.76. The Balaban J connectivity index is 1.24. The van der Waals surface area contributed by atoms with Gasteiger partial charge in [-0.2, -0.15) is 15.6 Å². The number of hydrogen-bond donors (Lipinski definition) is 4. The van der Waals surface area contributed by atoms with Crippen molar-refractivity contribution < 1.29 is 47.3 Å². The third-order valence-corrected chi connectivity index (χ3v) is 12.1. The Morgan fingerprint density at radius 3 is 2.17 bits per heavy atom. The number of phosphoric ester groups is 1. The molecule has 1 fully saturated rings. The molecule has 0 aliphatic carbocycles. The zero-order chi connectivity index (χ0) is 43.6. The van der Waals surface area contributed by atoms with Gasteiger partial charge in [0.25, 0.3) is 0 Å². The Kier molecular flexibility index (Phi) is 19.8. The fourth-order valence-electron chi connectivity index (χ4n) is 7.43. The zero-order valence-electron chi connectivity index (χ0n) is 35.4. The van der Waals surface area contributed by atoms with Crippen molar-refractivity contribution in [2.24, 2.45) is 0 Å². The van der Waals surface area contributed by atoms with E-state index in [0.29, 0.717) is 17.7 Å². The number of benzene rings is 1. The van der Waals surface area contributed by atoms with Crippen LogP contribution in [0.15, 0.2) is 30.6 Å². The number of hydrogen-bond acceptors (Lipinski definition) is 13. The molecule has 1 aliphatic heterocycles. The summed E-state index contributed by atoms with van der Waals surface area (Å²) in [6, 6.07) is 9.62. The minimum absolute atomic E-state index is 0.0199. The zero-order valence-corrected chi connectivity index (χ0v) is 36.3. The number of aliphatic hydroxyl groups is 2. The molecule has 17 heteroatoms. The molecule has 0 saturated carbocycles. The Labute approximate surface area is 353 Å². The van der Waals surface area contributed by atoms with Crippen molar-refractivity contribution in [1.82, 2.24) is 14.6 Å². The highest BCUT2D eigenvalue weighted by Crippen LogP contribution is 2.49. The summed E-state index contributed by atoms with van der Waals surface area (Å²) in [5.74, 6) is -0.459. The number of unbranched alkanes of at least 4 members (excludes halogenated alkanes) is 15. The SMILES string of the molecule is CCCCCCCCCCCCCCCCCCOC[C@H](COP(=O)(O)OCC1(C)O[C@@](C#N)(c2ccc3c(N)ncnn23)[C@H](O)[C@@H]1O)OCc1cc(F)c(C)c(C#N)c1. The number of aromatic nitrogens is 3. The van der Waals surface area contributed by atoms with Crippen LogP contribution in [0.1, 0.15) is 139 Å².